The molecule has 3 aromatic heterocycles. The molecule has 0 atom stereocenters. The van der Waals surface area contributed by atoms with Crippen LogP contribution in [0.4, 0.5) is 5.69 Å². The lowest BCUT2D eigenvalue weighted by Gasteiger charge is -2.01. The molecule has 2 N–H and O–H groups in total. The first-order valence-corrected chi connectivity index (χ1v) is 9.03. The largest absolute Gasteiger partial charge is 0.420 e. The fraction of sp³-hybridized carbons (Fsp3) is 0.222. The SMILES string of the molecule is Cc1sc(-c2nnc(C(C)C)o2)cc1NC(=O)c1n[nH]c2ccccc12. The summed E-state index contributed by atoms with van der Waals surface area (Å²) in [5, 5.41) is 18.9. The minimum atomic E-state index is -0.261. The van der Waals surface area contributed by atoms with Crippen molar-refractivity contribution < 1.29 is 9.21 Å². The van der Waals surface area contributed by atoms with Gasteiger partial charge in [-0.2, -0.15) is 5.10 Å². The maximum absolute atomic E-state index is 12.6. The van der Waals surface area contributed by atoms with E-state index >= 15 is 0 Å². The van der Waals surface area contributed by atoms with Gasteiger partial charge < -0.3 is 9.73 Å². The van der Waals surface area contributed by atoms with Crippen molar-refractivity contribution in [1.82, 2.24) is 20.4 Å². The Morgan fingerprint density at radius 2 is 2.08 bits per heavy atom. The second-order valence-corrected chi connectivity index (χ2v) is 7.51. The van der Waals surface area contributed by atoms with Crippen LogP contribution in [-0.2, 0) is 0 Å². The summed E-state index contributed by atoms with van der Waals surface area (Å²) in [4.78, 5) is 14.4. The highest BCUT2D eigenvalue weighted by atomic mass is 32.1. The van der Waals surface area contributed by atoms with E-state index in [9.17, 15) is 4.79 Å². The van der Waals surface area contributed by atoms with E-state index < -0.39 is 0 Å². The van der Waals surface area contributed by atoms with Crippen molar-refractivity contribution in [1.29, 1.82) is 0 Å². The van der Waals surface area contributed by atoms with E-state index in [1.165, 1.54) is 11.3 Å². The molecule has 0 spiro atoms. The highest BCUT2D eigenvalue weighted by Crippen LogP contribution is 2.34. The Balaban J connectivity index is 1.60. The first kappa shape index (κ1) is 16.5. The number of aromatic amines is 1. The number of carbonyl (C=O) groups excluding carboxylic acids is 1. The van der Waals surface area contributed by atoms with Crippen LogP contribution in [0.15, 0.2) is 34.7 Å². The zero-order chi connectivity index (χ0) is 18.3. The van der Waals surface area contributed by atoms with Gasteiger partial charge in [-0.25, -0.2) is 0 Å². The van der Waals surface area contributed by atoms with Crippen LogP contribution in [0.3, 0.4) is 0 Å². The fourth-order valence-corrected chi connectivity index (χ4v) is 3.49. The van der Waals surface area contributed by atoms with Crippen molar-refractivity contribution in [2.75, 3.05) is 5.32 Å². The molecule has 4 rings (SSSR count). The van der Waals surface area contributed by atoms with Gasteiger partial charge >= 0.3 is 0 Å². The molecule has 0 aliphatic heterocycles. The Morgan fingerprint density at radius 1 is 1.27 bits per heavy atom. The molecule has 26 heavy (non-hydrogen) atoms. The molecule has 0 unspecified atom stereocenters. The van der Waals surface area contributed by atoms with Gasteiger partial charge in [0.25, 0.3) is 11.8 Å². The van der Waals surface area contributed by atoms with Crippen LogP contribution in [0, 0.1) is 6.92 Å². The number of hydrogen-bond donors (Lipinski definition) is 2. The fourth-order valence-electron chi connectivity index (χ4n) is 2.60. The van der Waals surface area contributed by atoms with E-state index in [4.69, 9.17) is 4.42 Å². The molecule has 132 valence electrons. The third kappa shape index (κ3) is 2.88. The molecule has 0 fully saturated rings. The molecule has 7 nitrogen and oxygen atoms in total. The highest BCUT2D eigenvalue weighted by molar-refractivity contribution is 7.15. The van der Waals surface area contributed by atoms with Gasteiger partial charge in [0.05, 0.1) is 16.1 Å². The van der Waals surface area contributed by atoms with Gasteiger partial charge in [-0.15, -0.1) is 21.5 Å². The normalized spacial score (nSPS) is 11.4. The summed E-state index contributed by atoms with van der Waals surface area (Å²) in [7, 11) is 0. The quantitative estimate of drug-likeness (QED) is 0.559. The Labute approximate surface area is 153 Å². The Hall–Kier alpha value is -3.00. The van der Waals surface area contributed by atoms with Crippen LogP contribution >= 0.6 is 11.3 Å². The average molecular weight is 367 g/mol. The van der Waals surface area contributed by atoms with Crippen molar-refractivity contribution >= 4 is 33.8 Å². The third-order valence-corrected chi connectivity index (χ3v) is 5.04. The molecular formula is C18H17N5O2S. The van der Waals surface area contributed by atoms with Crippen LogP contribution in [0.5, 0.6) is 0 Å². The number of carbonyl (C=O) groups is 1. The summed E-state index contributed by atoms with van der Waals surface area (Å²) in [6, 6.07) is 9.38. The molecule has 1 amide bonds. The standard InChI is InChI=1S/C18H17N5O2S/c1-9(2)17-22-23-18(25-17)14-8-13(10(3)26-14)19-16(24)15-11-6-4-5-7-12(11)20-21-15/h4-9H,1-3H3,(H,19,24)(H,20,21). The summed E-state index contributed by atoms with van der Waals surface area (Å²) < 4.78 is 5.69. The molecule has 0 aliphatic rings. The number of amides is 1. The summed E-state index contributed by atoms with van der Waals surface area (Å²) in [5.74, 6) is 0.972. The highest BCUT2D eigenvalue weighted by Gasteiger charge is 2.19. The molecule has 0 radical (unpaired) electrons. The lowest BCUT2D eigenvalue weighted by molar-refractivity contribution is 0.102. The second kappa shape index (κ2) is 6.38. The Morgan fingerprint density at radius 3 is 2.85 bits per heavy atom. The number of H-pyrrole nitrogens is 1. The summed E-state index contributed by atoms with van der Waals surface area (Å²) in [5.41, 5.74) is 1.91. The van der Waals surface area contributed by atoms with Crippen LogP contribution in [-0.4, -0.2) is 26.3 Å². The van der Waals surface area contributed by atoms with E-state index in [1.54, 1.807) is 0 Å². The first-order chi connectivity index (χ1) is 12.5. The molecule has 0 aliphatic carbocycles. The van der Waals surface area contributed by atoms with Crippen molar-refractivity contribution in [3.8, 4) is 10.8 Å². The van der Waals surface area contributed by atoms with E-state index in [2.05, 4.69) is 25.7 Å². The predicted octanol–water partition coefficient (Wildman–Crippen LogP) is 4.36. The van der Waals surface area contributed by atoms with Crippen LogP contribution in [0.2, 0.25) is 0 Å². The minimum Gasteiger partial charge on any atom is -0.420 e. The molecule has 0 bridgehead atoms. The zero-order valence-corrected chi connectivity index (χ0v) is 15.3. The van der Waals surface area contributed by atoms with Crippen molar-refractivity contribution in [3.05, 3.63) is 46.8 Å². The average Bonchev–Trinajstić information content (AvgIpc) is 3.33. The smallest absolute Gasteiger partial charge is 0.276 e. The van der Waals surface area contributed by atoms with E-state index in [0.29, 0.717) is 23.2 Å². The van der Waals surface area contributed by atoms with Gasteiger partial charge in [-0.1, -0.05) is 32.0 Å². The number of nitrogens with zero attached hydrogens (tertiary/aromatic N) is 3. The topological polar surface area (TPSA) is 96.7 Å². The number of para-hydroxylation sites is 1. The molecule has 8 heteroatoms. The number of nitrogens with one attached hydrogen (secondary N) is 2. The van der Waals surface area contributed by atoms with E-state index in [1.807, 2.05) is 51.1 Å². The van der Waals surface area contributed by atoms with E-state index in [-0.39, 0.29) is 11.8 Å². The Bertz CT molecular complexity index is 1090. The molecule has 4 aromatic rings. The van der Waals surface area contributed by atoms with Crippen molar-refractivity contribution in [2.24, 2.45) is 0 Å². The van der Waals surface area contributed by atoms with Gasteiger partial charge in [0.2, 0.25) is 5.89 Å². The molecule has 0 saturated carbocycles. The van der Waals surface area contributed by atoms with Gasteiger partial charge in [0.1, 0.15) is 0 Å². The van der Waals surface area contributed by atoms with Crippen molar-refractivity contribution in [3.63, 3.8) is 0 Å². The molecule has 1 aromatic carbocycles. The monoisotopic (exact) mass is 367 g/mol. The maximum atomic E-state index is 12.6. The van der Waals surface area contributed by atoms with Crippen LogP contribution in [0.25, 0.3) is 21.7 Å². The summed E-state index contributed by atoms with van der Waals surface area (Å²) in [6.07, 6.45) is 0. The maximum Gasteiger partial charge on any atom is 0.276 e. The molecular weight excluding hydrogens is 350 g/mol. The number of aromatic nitrogens is 4. The number of rotatable bonds is 4. The number of thiophene rings is 1. The number of hydrogen-bond acceptors (Lipinski definition) is 6. The third-order valence-electron chi connectivity index (χ3n) is 4.00. The van der Waals surface area contributed by atoms with Gasteiger partial charge in [0, 0.05) is 16.2 Å². The number of anilines is 1. The first-order valence-electron chi connectivity index (χ1n) is 8.21. The van der Waals surface area contributed by atoms with E-state index in [0.717, 1.165) is 20.7 Å². The number of fused-ring (bicyclic) bond motifs is 1. The summed E-state index contributed by atoms with van der Waals surface area (Å²) in [6.45, 7) is 5.93. The lowest BCUT2D eigenvalue weighted by Crippen LogP contribution is -2.12. The molecule has 0 saturated heterocycles. The van der Waals surface area contributed by atoms with Crippen molar-refractivity contribution in [2.45, 2.75) is 26.7 Å². The predicted molar refractivity (Wildman–Crippen MR) is 100 cm³/mol. The van der Waals surface area contributed by atoms with Gasteiger partial charge in [-0.05, 0) is 19.1 Å². The minimum absolute atomic E-state index is 0.171. The number of aryl methyl sites for hydroxylation is 1. The van der Waals surface area contributed by atoms with Crippen LogP contribution < -0.4 is 5.32 Å². The van der Waals surface area contributed by atoms with Gasteiger partial charge in [-0.3, -0.25) is 9.89 Å². The number of benzene rings is 1. The Kier molecular flexibility index (Phi) is 4.04. The van der Waals surface area contributed by atoms with Crippen LogP contribution in [0.1, 0.15) is 41.0 Å². The van der Waals surface area contributed by atoms with Gasteiger partial charge in [0.15, 0.2) is 5.69 Å². The zero-order valence-electron chi connectivity index (χ0n) is 14.5. The second-order valence-electron chi connectivity index (χ2n) is 6.25. The molecule has 3 heterocycles. The summed E-state index contributed by atoms with van der Waals surface area (Å²) >= 11 is 1.50. The lowest BCUT2D eigenvalue weighted by atomic mass is 10.2.